The molecule has 0 heterocycles. The van der Waals surface area contributed by atoms with E-state index in [2.05, 4.69) is 27.7 Å². The number of unbranched alkanes of at least 4 members (excludes halogenated alkanes) is 4. The Morgan fingerprint density at radius 3 is 1.52 bits per heavy atom. The molecule has 0 fully saturated rings. The van der Waals surface area contributed by atoms with Crippen LogP contribution in [0.2, 0.25) is 0 Å². The van der Waals surface area contributed by atoms with Crippen LogP contribution in [0, 0.1) is 0 Å². The Hall–Kier alpha value is -1.39. The van der Waals surface area contributed by atoms with E-state index >= 15 is 0 Å². The minimum absolute atomic E-state index is 0.323. The molecular formula is C25H46N2O2. The lowest BCUT2D eigenvalue weighted by Gasteiger charge is -2.39. The normalized spacial score (nSPS) is 12.2. The topological polar surface area (TPSA) is 66.2 Å². The second-order valence-corrected chi connectivity index (χ2v) is 8.27. The molecule has 0 aliphatic carbocycles. The molecule has 0 aromatic heterocycles. The number of nitrogens with two attached hydrogens (primary N) is 1. The first-order chi connectivity index (χ1) is 13.9. The molecule has 1 aromatic carbocycles. The van der Waals surface area contributed by atoms with Gasteiger partial charge in [-0.2, -0.15) is 0 Å². The minimum atomic E-state index is -1.21. The first-order valence-corrected chi connectivity index (χ1v) is 11.8. The average molecular weight is 407 g/mol. The highest BCUT2D eigenvalue weighted by molar-refractivity contribution is 5.71. The number of carboxylic acids is 1. The number of rotatable bonds is 15. The summed E-state index contributed by atoms with van der Waals surface area (Å²) in [4.78, 5) is 10.3. The number of aliphatic carboxylic acids is 1. The van der Waals surface area contributed by atoms with Crippen molar-refractivity contribution in [2.75, 3.05) is 26.2 Å². The molecule has 0 spiro atoms. The molecule has 1 atom stereocenters. The van der Waals surface area contributed by atoms with Crippen LogP contribution in [0.3, 0.4) is 0 Å². The third-order valence-corrected chi connectivity index (χ3v) is 5.55. The Morgan fingerprint density at radius 2 is 1.21 bits per heavy atom. The first-order valence-electron chi connectivity index (χ1n) is 11.8. The molecule has 2 N–H and O–H groups in total. The van der Waals surface area contributed by atoms with Gasteiger partial charge in [-0.3, -0.25) is 0 Å². The molecule has 0 saturated heterocycles. The molecule has 0 amide bonds. The summed E-state index contributed by atoms with van der Waals surface area (Å²) in [5.74, 6) is -1.21. The largest absolute Gasteiger partial charge is 0.548 e. The monoisotopic (exact) mass is 406 g/mol. The lowest BCUT2D eigenvalue weighted by Crippen LogP contribution is -2.50. The van der Waals surface area contributed by atoms with Gasteiger partial charge in [0.2, 0.25) is 0 Å². The molecule has 168 valence electrons. The van der Waals surface area contributed by atoms with Gasteiger partial charge in [-0.25, -0.2) is 0 Å². The Bertz CT molecular complexity index is 467. The number of carbonyl (C=O) groups excluding carboxylic acids is 1. The molecule has 1 aromatic rings. The maximum Gasteiger partial charge on any atom is 0.0786 e. The van der Waals surface area contributed by atoms with Crippen molar-refractivity contribution in [2.24, 2.45) is 5.73 Å². The van der Waals surface area contributed by atoms with Crippen molar-refractivity contribution in [1.82, 2.24) is 0 Å². The summed E-state index contributed by atoms with van der Waals surface area (Å²) in [6.45, 7) is 15.0. The summed E-state index contributed by atoms with van der Waals surface area (Å²) in [5, 5.41) is 10.3. The van der Waals surface area contributed by atoms with Gasteiger partial charge in [-0.1, -0.05) is 83.7 Å². The lowest BCUT2D eigenvalue weighted by atomic mass is 10.1. The fraction of sp³-hybridized carbons (Fsp3) is 0.720. The molecule has 29 heavy (non-hydrogen) atoms. The SMILES string of the molecule is CCCC[N+](CCCC)(CCCC)CCCC.N[C@@H](Cc1ccccc1)C(=O)[O-]. The van der Waals surface area contributed by atoms with Gasteiger partial charge in [-0.15, -0.1) is 0 Å². The van der Waals surface area contributed by atoms with Gasteiger partial charge in [0.25, 0.3) is 0 Å². The molecule has 4 heteroatoms. The maximum absolute atomic E-state index is 10.3. The number of benzene rings is 1. The van der Waals surface area contributed by atoms with Crippen LogP contribution in [-0.4, -0.2) is 42.7 Å². The Morgan fingerprint density at radius 1 is 0.828 bits per heavy atom. The van der Waals surface area contributed by atoms with Crippen LogP contribution in [-0.2, 0) is 11.2 Å². The summed E-state index contributed by atoms with van der Waals surface area (Å²) in [6, 6.07) is 8.32. The smallest absolute Gasteiger partial charge is 0.0786 e. The third kappa shape index (κ3) is 13.5. The van der Waals surface area contributed by atoms with Crippen LogP contribution in [0.15, 0.2) is 30.3 Å². The second kappa shape index (κ2) is 17.5. The summed E-state index contributed by atoms with van der Waals surface area (Å²) in [7, 11) is 0. The van der Waals surface area contributed by atoms with Crippen molar-refractivity contribution in [2.45, 2.75) is 91.5 Å². The number of hydrogen-bond acceptors (Lipinski definition) is 3. The van der Waals surface area contributed by atoms with Gasteiger partial charge in [0.05, 0.1) is 32.1 Å². The number of carbonyl (C=O) groups is 1. The summed E-state index contributed by atoms with van der Waals surface area (Å²) in [6.07, 6.45) is 11.4. The van der Waals surface area contributed by atoms with Gasteiger partial charge in [0, 0.05) is 6.04 Å². The molecule has 0 aliphatic heterocycles. The van der Waals surface area contributed by atoms with E-state index in [1.165, 1.54) is 82.0 Å². The van der Waals surface area contributed by atoms with Gasteiger partial charge in [0.15, 0.2) is 0 Å². The number of hydrogen-bond donors (Lipinski definition) is 1. The first kappa shape index (κ1) is 27.6. The van der Waals surface area contributed by atoms with E-state index in [9.17, 15) is 9.90 Å². The van der Waals surface area contributed by atoms with Crippen molar-refractivity contribution < 1.29 is 14.4 Å². The van der Waals surface area contributed by atoms with E-state index in [1.807, 2.05) is 30.3 Å². The van der Waals surface area contributed by atoms with Crippen LogP contribution >= 0.6 is 0 Å². The molecule has 0 bridgehead atoms. The van der Waals surface area contributed by atoms with Crippen LogP contribution in [0.5, 0.6) is 0 Å². The highest BCUT2D eigenvalue weighted by Gasteiger charge is 2.24. The van der Waals surface area contributed by atoms with Gasteiger partial charge in [-0.05, 0) is 37.7 Å². The van der Waals surface area contributed by atoms with Crippen LogP contribution in [0.1, 0.15) is 84.6 Å². The van der Waals surface area contributed by atoms with E-state index in [0.717, 1.165) is 5.56 Å². The van der Waals surface area contributed by atoms with E-state index in [-0.39, 0.29) is 0 Å². The van der Waals surface area contributed by atoms with Crippen LogP contribution in [0.25, 0.3) is 0 Å². The van der Waals surface area contributed by atoms with Gasteiger partial charge >= 0.3 is 0 Å². The molecule has 0 saturated carbocycles. The van der Waals surface area contributed by atoms with Crippen molar-refractivity contribution in [3.8, 4) is 0 Å². The number of nitrogens with zero attached hydrogens (tertiary/aromatic N) is 1. The molecule has 4 nitrogen and oxygen atoms in total. The third-order valence-electron chi connectivity index (χ3n) is 5.55. The molecule has 0 unspecified atom stereocenters. The zero-order valence-electron chi connectivity index (χ0n) is 19.5. The lowest BCUT2D eigenvalue weighted by molar-refractivity contribution is -0.929. The molecular weight excluding hydrogens is 360 g/mol. The van der Waals surface area contributed by atoms with Gasteiger partial charge in [0.1, 0.15) is 0 Å². The van der Waals surface area contributed by atoms with E-state index in [1.54, 1.807) is 0 Å². The standard InChI is InChI=1S/C16H36N.C9H11NO2/c1-5-9-13-17(14-10-6-2,15-11-7-3)16-12-8-4;10-8(9(11)12)6-7-4-2-1-3-5-7/h5-16H2,1-4H3;1-5,8H,6,10H2,(H,11,12)/q+1;/p-1/t;8-/m.0/s1. The number of carboxylic acid groups (broad SMARTS) is 1. The molecule has 0 radical (unpaired) electrons. The van der Waals surface area contributed by atoms with Crippen LogP contribution < -0.4 is 10.8 Å². The van der Waals surface area contributed by atoms with Crippen molar-refractivity contribution in [3.63, 3.8) is 0 Å². The zero-order valence-corrected chi connectivity index (χ0v) is 19.5. The van der Waals surface area contributed by atoms with E-state index in [0.29, 0.717) is 6.42 Å². The number of quaternary nitrogens is 1. The quantitative estimate of drug-likeness (QED) is 0.441. The molecule has 0 aliphatic rings. The Labute approximate surface area is 180 Å². The van der Waals surface area contributed by atoms with E-state index < -0.39 is 12.0 Å². The fourth-order valence-electron chi connectivity index (χ4n) is 3.60. The van der Waals surface area contributed by atoms with E-state index in [4.69, 9.17) is 5.73 Å². The summed E-state index contributed by atoms with van der Waals surface area (Å²) in [5.41, 5.74) is 6.20. The Balaban J connectivity index is 0.000000571. The van der Waals surface area contributed by atoms with Crippen molar-refractivity contribution in [3.05, 3.63) is 35.9 Å². The average Bonchev–Trinajstić information content (AvgIpc) is 2.74. The highest BCUT2D eigenvalue weighted by Crippen LogP contribution is 2.16. The maximum atomic E-state index is 10.3. The zero-order chi connectivity index (χ0) is 22.0. The van der Waals surface area contributed by atoms with Crippen molar-refractivity contribution in [1.29, 1.82) is 0 Å². The summed E-state index contributed by atoms with van der Waals surface area (Å²) < 4.78 is 1.42. The van der Waals surface area contributed by atoms with Crippen LogP contribution in [0.4, 0.5) is 0 Å². The van der Waals surface area contributed by atoms with Gasteiger partial charge < -0.3 is 20.1 Å². The molecule has 1 rings (SSSR count). The predicted molar refractivity (Wildman–Crippen MR) is 122 cm³/mol. The summed E-state index contributed by atoms with van der Waals surface area (Å²) >= 11 is 0. The van der Waals surface area contributed by atoms with Crippen molar-refractivity contribution >= 4 is 5.97 Å². The second-order valence-electron chi connectivity index (χ2n) is 8.27. The predicted octanol–water partition coefficient (Wildman–Crippen LogP) is 4.31. The fourth-order valence-corrected chi connectivity index (χ4v) is 3.60. The minimum Gasteiger partial charge on any atom is -0.548 e. The Kier molecular flexibility index (Phi) is 16.6. The highest BCUT2D eigenvalue weighted by atomic mass is 16.4.